The summed E-state index contributed by atoms with van der Waals surface area (Å²) in [5, 5.41) is 2.67. The van der Waals surface area contributed by atoms with Crippen molar-refractivity contribution < 1.29 is 23.5 Å². The van der Waals surface area contributed by atoms with Crippen molar-refractivity contribution in [3.8, 4) is 0 Å². The molecule has 7 nitrogen and oxygen atoms in total. The van der Waals surface area contributed by atoms with Crippen LogP contribution in [0.5, 0.6) is 0 Å². The van der Waals surface area contributed by atoms with Gasteiger partial charge in [-0.1, -0.05) is 0 Å². The molecule has 0 aliphatic heterocycles. The number of hydrogen-bond acceptors (Lipinski definition) is 6. The number of carbonyl (C=O) groups is 2. The number of amides is 2. The second-order valence-electron chi connectivity index (χ2n) is 7.02. The van der Waals surface area contributed by atoms with Gasteiger partial charge in [-0.05, 0) is 64.9 Å². The van der Waals surface area contributed by atoms with E-state index in [-0.39, 0.29) is 5.69 Å². The molecule has 0 saturated heterocycles. The van der Waals surface area contributed by atoms with Crippen LogP contribution in [0.15, 0.2) is 23.4 Å². The first-order valence-electron chi connectivity index (χ1n) is 7.23. The highest BCUT2D eigenvalue weighted by atomic mass is 19.1. The molecule has 24 heavy (non-hydrogen) atoms. The molecule has 0 heterocycles. The smallest absolute Gasteiger partial charge is 0.424 e. The van der Waals surface area contributed by atoms with E-state index < -0.39 is 34.9 Å². The van der Waals surface area contributed by atoms with Crippen LogP contribution in [0.3, 0.4) is 0 Å². The number of anilines is 1. The van der Waals surface area contributed by atoms with Crippen molar-refractivity contribution in [1.82, 2.24) is 0 Å². The predicted octanol–water partition coefficient (Wildman–Crippen LogP) is 4.90. The minimum atomic E-state index is -1.13. The van der Waals surface area contributed by atoms with Crippen LogP contribution in [0.1, 0.15) is 41.5 Å². The van der Waals surface area contributed by atoms with Gasteiger partial charge in [-0.25, -0.2) is 14.0 Å². The number of imide groups is 1. The summed E-state index contributed by atoms with van der Waals surface area (Å²) < 4.78 is 24.4. The summed E-state index contributed by atoms with van der Waals surface area (Å²) >= 11 is 0. The van der Waals surface area contributed by atoms with E-state index in [9.17, 15) is 18.9 Å². The Morgan fingerprint density at radius 3 is 1.83 bits per heavy atom. The number of nitroso groups, excluding NO2 is 1. The summed E-state index contributed by atoms with van der Waals surface area (Å²) in [6, 6.07) is 3.01. The normalized spacial score (nSPS) is 11.6. The van der Waals surface area contributed by atoms with E-state index >= 15 is 0 Å². The molecule has 1 aromatic carbocycles. The van der Waals surface area contributed by atoms with Crippen molar-refractivity contribution in [3.63, 3.8) is 0 Å². The molecule has 8 heteroatoms. The zero-order valence-electron chi connectivity index (χ0n) is 14.5. The highest BCUT2D eigenvalue weighted by molar-refractivity contribution is 6.09. The number of halogens is 1. The van der Waals surface area contributed by atoms with Crippen molar-refractivity contribution in [1.29, 1.82) is 0 Å². The van der Waals surface area contributed by atoms with E-state index in [1.165, 1.54) is 0 Å². The second kappa shape index (κ2) is 6.94. The third-order valence-electron chi connectivity index (χ3n) is 2.43. The molecule has 0 unspecified atom stereocenters. The minimum Gasteiger partial charge on any atom is -0.443 e. The molecular formula is C16H21FN2O5. The van der Waals surface area contributed by atoms with Gasteiger partial charge in [0.25, 0.3) is 0 Å². The Balaban J connectivity index is 3.35. The number of rotatable bonds is 2. The highest BCUT2D eigenvalue weighted by Gasteiger charge is 2.34. The lowest BCUT2D eigenvalue weighted by atomic mass is 10.2. The maximum absolute atomic E-state index is 14.1. The molecule has 132 valence electrons. The quantitative estimate of drug-likeness (QED) is 0.715. The molecular weight excluding hydrogens is 319 g/mol. The first-order valence-corrected chi connectivity index (χ1v) is 7.23. The molecule has 0 radical (unpaired) electrons. The third kappa shape index (κ3) is 5.60. The first-order chi connectivity index (χ1) is 10.8. The fourth-order valence-corrected chi connectivity index (χ4v) is 1.62. The minimum absolute atomic E-state index is 0.150. The predicted molar refractivity (Wildman–Crippen MR) is 86.8 cm³/mol. The fourth-order valence-electron chi connectivity index (χ4n) is 1.62. The number of nitrogens with zero attached hydrogens (tertiary/aromatic N) is 2. The van der Waals surface area contributed by atoms with Gasteiger partial charge in [0.15, 0.2) is 0 Å². The number of ether oxygens (including phenoxy) is 2. The molecule has 1 rings (SSSR count). The van der Waals surface area contributed by atoms with Gasteiger partial charge in [-0.15, -0.1) is 4.91 Å². The Labute approximate surface area is 139 Å². The highest BCUT2D eigenvalue weighted by Crippen LogP contribution is 2.28. The van der Waals surface area contributed by atoms with Gasteiger partial charge in [0.05, 0.1) is 5.69 Å². The van der Waals surface area contributed by atoms with Crippen molar-refractivity contribution >= 4 is 23.6 Å². The van der Waals surface area contributed by atoms with Crippen LogP contribution < -0.4 is 4.90 Å². The van der Waals surface area contributed by atoms with Crippen LogP contribution in [0.25, 0.3) is 0 Å². The molecule has 0 aromatic heterocycles. The molecule has 0 aliphatic rings. The molecule has 1 aromatic rings. The van der Waals surface area contributed by atoms with E-state index in [1.807, 2.05) is 0 Å². The SMILES string of the molecule is CC(C)(C)OC(=O)N(C(=O)OC(C)(C)C)c1cc(N=O)ccc1F. The second-order valence-corrected chi connectivity index (χ2v) is 7.02. The zero-order chi connectivity index (χ0) is 18.7. The van der Waals surface area contributed by atoms with Crippen LogP contribution in [0, 0.1) is 10.7 Å². The van der Waals surface area contributed by atoms with Crippen LogP contribution in [0.2, 0.25) is 0 Å². The van der Waals surface area contributed by atoms with Crippen LogP contribution in [0.4, 0.5) is 25.4 Å². The average Bonchev–Trinajstić information content (AvgIpc) is 2.37. The molecule has 0 spiro atoms. The van der Waals surface area contributed by atoms with Crippen molar-refractivity contribution in [3.05, 3.63) is 28.9 Å². The Morgan fingerprint density at radius 1 is 1.00 bits per heavy atom. The van der Waals surface area contributed by atoms with Crippen LogP contribution in [-0.2, 0) is 9.47 Å². The van der Waals surface area contributed by atoms with Gasteiger partial charge in [0.1, 0.15) is 22.7 Å². The first kappa shape index (κ1) is 19.5. The third-order valence-corrected chi connectivity index (χ3v) is 2.43. The Kier molecular flexibility index (Phi) is 5.65. The fraction of sp³-hybridized carbons (Fsp3) is 0.500. The van der Waals surface area contributed by atoms with E-state index in [0.717, 1.165) is 18.2 Å². The van der Waals surface area contributed by atoms with Gasteiger partial charge >= 0.3 is 12.2 Å². The molecule has 0 bridgehead atoms. The summed E-state index contributed by atoms with van der Waals surface area (Å²) in [4.78, 5) is 35.8. The van der Waals surface area contributed by atoms with Gasteiger partial charge < -0.3 is 9.47 Å². The van der Waals surface area contributed by atoms with Gasteiger partial charge in [-0.2, -0.15) is 4.90 Å². The molecule has 0 N–H and O–H groups in total. The summed E-state index contributed by atoms with van der Waals surface area (Å²) in [7, 11) is 0. The average molecular weight is 340 g/mol. The van der Waals surface area contributed by atoms with Crippen molar-refractivity contribution in [2.45, 2.75) is 52.7 Å². The number of benzene rings is 1. The standard InChI is InChI=1S/C16H21FN2O5/c1-15(2,3)23-13(20)19(14(21)24-16(4,5)6)12-9-10(18-22)7-8-11(12)17/h7-9H,1-6H3. The molecule has 0 atom stereocenters. The lowest BCUT2D eigenvalue weighted by Crippen LogP contribution is -2.44. The lowest BCUT2D eigenvalue weighted by Gasteiger charge is -2.28. The van der Waals surface area contributed by atoms with Gasteiger partial charge in [0, 0.05) is 0 Å². The Bertz CT molecular complexity index is 619. The van der Waals surface area contributed by atoms with Crippen molar-refractivity contribution in [2.24, 2.45) is 5.18 Å². The Hall–Kier alpha value is -2.51. The maximum Gasteiger partial charge on any atom is 0.424 e. The summed E-state index contributed by atoms with van der Waals surface area (Å²) in [6.07, 6.45) is -2.25. The van der Waals surface area contributed by atoms with Gasteiger partial charge in [0.2, 0.25) is 0 Å². The number of hydrogen-bond donors (Lipinski definition) is 0. The molecule has 0 aliphatic carbocycles. The number of carbonyl (C=O) groups excluding carboxylic acids is 2. The van der Waals surface area contributed by atoms with E-state index in [1.54, 1.807) is 41.5 Å². The van der Waals surface area contributed by atoms with Gasteiger partial charge in [-0.3, -0.25) is 0 Å². The molecule has 0 fully saturated rings. The van der Waals surface area contributed by atoms with E-state index in [2.05, 4.69) is 5.18 Å². The lowest BCUT2D eigenvalue weighted by molar-refractivity contribution is 0.0429. The van der Waals surface area contributed by atoms with Crippen LogP contribution in [-0.4, -0.2) is 23.4 Å². The monoisotopic (exact) mass is 340 g/mol. The van der Waals surface area contributed by atoms with Crippen molar-refractivity contribution in [2.75, 3.05) is 4.90 Å². The molecule has 2 amide bonds. The maximum atomic E-state index is 14.1. The molecule has 0 saturated carbocycles. The topological polar surface area (TPSA) is 85.3 Å². The van der Waals surface area contributed by atoms with E-state index in [4.69, 9.17) is 9.47 Å². The van der Waals surface area contributed by atoms with Crippen LogP contribution >= 0.6 is 0 Å². The zero-order valence-corrected chi connectivity index (χ0v) is 14.5. The summed E-state index contributed by atoms with van der Waals surface area (Å²) in [6.45, 7) is 9.57. The largest absolute Gasteiger partial charge is 0.443 e. The summed E-state index contributed by atoms with van der Waals surface area (Å²) in [5.74, 6) is -0.904. The van der Waals surface area contributed by atoms with E-state index in [0.29, 0.717) is 4.90 Å². The summed E-state index contributed by atoms with van der Waals surface area (Å²) in [5.41, 5.74) is -2.47. The Morgan fingerprint density at radius 2 is 1.46 bits per heavy atom.